The molecule has 0 radical (unpaired) electrons. The molecule has 2 heterocycles. The molecule has 2 aromatic rings. The van der Waals surface area contributed by atoms with Crippen LogP contribution in [0.4, 0.5) is 0 Å². The molecule has 2 aromatic heterocycles. The molecule has 20 heavy (non-hydrogen) atoms. The first kappa shape index (κ1) is 14.2. The van der Waals surface area contributed by atoms with Gasteiger partial charge in [-0.25, -0.2) is 4.63 Å². The zero-order chi connectivity index (χ0) is 14.7. The van der Waals surface area contributed by atoms with Crippen LogP contribution in [0.15, 0.2) is 11.0 Å². The third-order valence-corrected chi connectivity index (χ3v) is 3.00. The molecular formula is C12H18N6O2. The zero-order valence-electron chi connectivity index (χ0n) is 12.0. The predicted molar refractivity (Wildman–Crippen MR) is 69.7 cm³/mol. The minimum atomic E-state index is -0.229. The van der Waals surface area contributed by atoms with Crippen LogP contribution in [0.25, 0.3) is 0 Å². The number of hydrogen-bond donors (Lipinski definition) is 1. The number of hydrogen-bond acceptors (Lipinski definition) is 6. The highest BCUT2D eigenvalue weighted by molar-refractivity contribution is 5.78. The van der Waals surface area contributed by atoms with Gasteiger partial charge in [0.05, 0.1) is 12.5 Å². The van der Waals surface area contributed by atoms with Crippen molar-refractivity contribution >= 4 is 5.91 Å². The van der Waals surface area contributed by atoms with Crippen LogP contribution in [0.5, 0.6) is 0 Å². The molecule has 0 unspecified atom stereocenters. The van der Waals surface area contributed by atoms with Crippen molar-refractivity contribution in [3.05, 3.63) is 23.5 Å². The number of carbonyl (C=O) groups excluding carboxylic acids is 1. The first-order valence-electron chi connectivity index (χ1n) is 6.45. The summed E-state index contributed by atoms with van der Waals surface area (Å²) in [5.41, 5.74) is 1.16. The van der Waals surface area contributed by atoms with Gasteiger partial charge >= 0.3 is 0 Å². The number of aromatic nitrogens is 5. The second-order valence-corrected chi connectivity index (χ2v) is 4.95. The number of nitrogens with zero attached hydrogens (tertiary/aromatic N) is 5. The standard InChI is InChI=1S/C12H18N6O2/c1-7(2)18-6-13-15-12(18)9(4)14-11(19)5-10-8(3)16-20-17-10/h6-7,9H,5H2,1-4H3,(H,14,19)/t9-/m0/s1. The Morgan fingerprint density at radius 1 is 1.40 bits per heavy atom. The molecular weight excluding hydrogens is 260 g/mol. The minimum absolute atomic E-state index is 0.134. The lowest BCUT2D eigenvalue weighted by Gasteiger charge is -2.16. The van der Waals surface area contributed by atoms with E-state index in [1.165, 1.54) is 0 Å². The zero-order valence-corrected chi connectivity index (χ0v) is 12.0. The van der Waals surface area contributed by atoms with E-state index in [1.807, 2.05) is 25.3 Å². The largest absolute Gasteiger partial charge is 0.346 e. The lowest BCUT2D eigenvalue weighted by atomic mass is 10.2. The maximum absolute atomic E-state index is 12.0. The molecule has 0 saturated heterocycles. The Morgan fingerprint density at radius 2 is 2.15 bits per heavy atom. The molecule has 0 aliphatic rings. The molecule has 0 aromatic carbocycles. The van der Waals surface area contributed by atoms with Gasteiger partial charge in [0.25, 0.3) is 0 Å². The molecule has 8 heteroatoms. The monoisotopic (exact) mass is 278 g/mol. The van der Waals surface area contributed by atoms with E-state index in [-0.39, 0.29) is 24.4 Å². The summed E-state index contributed by atoms with van der Waals surface area (Å²) in [5.74, 6) is 0.568. The van der Waals surface area contributed by atoms with E-state index >= 15 is 0 Å². The SMILES string of the molecule is Cc1nonc1CC(=O)N[C@@H](C)c1nncn1C(C)C. The Morgan fingerprint density at radius 3 is 2.75 bits per heavy atom. The summed E-state index contributed by atoms with van der Waals surface area (Å²) in [6.45, 7) is 7.68. The lowest BCUT2D eigenvalue weighted by molar-refractivity contribution is -0.121. The van der Waals surface area contributed by atoms with Crippen molar-refractivity contribution in [2.75, 3.05) is 0 Å². The molecule has 0 fully saturated rings. The van der Waals surface area contributed by atoms with Crippen molar-refractivity contribution in [1.82, 2.24) is 30.4 Å². The fourth-order valence-electron chi connectivity index (χ4n) is 1.88. The average Bonchev–Trinajstić information content (AvgIpc) is 2.99. The number of aryl methyl sites for hydroxylation is 1. The van der Waals surface area contributed by atoms with Crippen LogP contribution in [-0.4, -0.2) is 31.0 Å². The third-order valence-electron chi connectivity index (χ3n) is 3.00. The summed E-state index contributed by atoms with van der Waals surface area (Å²) >= 11 is 0. The quantitative estimate of drug-likeness (QED) is 0.875. The Kier molecular flexibility index (Phi) is 4.11. The van der Waals surface area contributed by atoms with Gasteiger partial charge in [-0.3, -0.25) is 4.79 Å². The molecule has 0 bridgehead atoms. The molecule has 2 rings (SSSR count). The number of nitrogens with one attached hydrogen (secondary N) is 1. The van der Waals surface area contributed by atoms with Crippen LogP contribution < -0.4 is 5.32 Å². The highest BCUT2D eigenvalue weighted by Gasteiger charge is 2.18. The van der Waals surface area contributed by atoms with Crippen LogP contribution in [0.2, 0.25) is 0 Å². The molecule has 0 spiro atoms. The van der Waals surface area contributed by atoms with Gasteiger partial charge in [0.1, 0.15) is 17.7 Å². The van der Waals surface area contributed by atoms with Gasteiger partial charge in [0.2, 0.25) is 5.91 Å². The summed E-state index contributed by atoms with van der Waals surface area (Å²) in [7, 11) is 0. The van der Waals surface area contributed by atoms with E-state index < -0.39 is 0 Å². The van der Waals surface area contributed by atoms with Crippen LogP contribution in [-0.2, 0) is 11.2 Å². The number of amides is 1. The van der Waals surface area contributed by atoms with E-state index in [0.29, 0.717) is 11.4 Å². The number of rotatable bonds is 5. The first-order chi connectivity index (χ1) is 9.49. The Labute approximate surface area is 116 Å². The minimum Gasteiger partial charge on any atom is -0.346 e. The van der Waals surface area contributed by atoms with Crippen molar-refractivity contribution < 1.29 is 9.42 Å². The summed E-state index contributed by atoms with van der Waals surface area (Å²) < 4.78 is 6.49. The van der Waals surface area contributed by atoms with Crippen molar-refractivity contribution in [3.63, 3.8) is 0 Å². The van der Waals surface area contributed by atoms with Gasteiger partial charge < -0.3 is 9.88 Å². The van der Waals surface area contributed by atoms with Crippen LogP contribution in [0.1, 0.15) is 50.1 Å². The molecule has 108 valence electrons. The Hall–Kier alpha value is -2.25. The molecule has 1 N–H and O–H groups in total. The van der Waals surface area contributed by atoms with E-state index in [2.05, 4.69) is 30.5 Å². The Balaban J connectivity index is 2.00. The van der Waals surface area contributed by atoms with E-state index in [1.54, 1.807) is 13.3 Å². The van der Waals surface area contributed by atoms with Gasteiger partial charge in [-0.2, -0.15) is 0 Å². The topological polar surface area (TPSA) is 98.7 Å². The van der Waals surface area contributed by atoms with Gasteiger partial charge in [-0.05, 0) is 27.7 Å². The van der Waals surface area contributed by atoms with E-state index in [9.17, 15) is 4.79 Å². The second kappa shape index (κ2) is 5.81. The van der Waals surface area contributed by atoms with Crippen molar-refractivity contribution in [1.29, 1.82) is 0 Å². The molecule has 1 amide bonds. The van der Waals surface area contributed by atoms with Crippen LogP contribution in [0.3, 0.4) is 0 Å². The van der Waals surface area contributed by atoms with Gasteiger partial charge in [-0.1, -0.05) is 10.3 Å². The second-order valence-electron chi connectivity index (χ2n) is 4.95. The summed E-state index contributed by atoms with van der Waals surface area (Å²) in [4.78, 5) is 12.0. The summed E-state index contributed by atoms with van der Waals surface area (Å²) in [6.07, 6.45) is 1.80. The molecule has 0 saturated carbocycles. The smallest absolute Gasteiger partial charge is 0.226 e. The molecule has 8 nitrogen and oxygen atoms in total. The van der Waals surface area contributed by atoms with Gasteiger partial charge in [0.15, 0.2) is 5.82 Å². The molecule has 1 atom stereocenters. The predicted octanol–water partition coefficient (Wildman–Crippen LogP) is 0.970. The maximum atomic E-state index is 12.0. The van der Waals surface area contributed by atoms with Crippen LogP contribution in [0, 0.1) is 6.92 Å². The molecule has 0 aliphatic carbocycles. The maximum Gasteiger partial charge on any atom is 0.226 e. The summed E-state index contributed by atoms with van der Waals surface area (Å²) in [6, 6.07) is 0.00824. The lowest BCUT2D eigenvalue weighted by Crippen LogP contribution is -2.30. The van der Waals surface area contributed by atoms with E-state index in [0.717, 1.165) is 5.82 Å². The van der Waals surface area contributed by atoms with Crippen LogP contribution >= 0.6 is 0 Å². The normalized spacial score (nSPS) is 12.7. The third kappa shape index (κ3) is 3.01. The van der Waals surface area contributed by atoms with E-state index in [4.69, 9.17) is 0 Å². The van der Waals surface area contributed by atoms with Gasteiger partial charge in [0, 0.05) is 6.04 Å². The fourth-order valence-corrected chi connectivity index (χ4v) is 1.88. The van der Waals surface area contributed by atoms with Crippen molar-refractivity contribution in [3.8, 4) is 0 Å². The first-order valence-corrected chi connectivity index (χ1v) is 6.45. The van der Waals surface area contributed by atoms with Gasteiger partial charge in [-0.15, -0.1) is 10.2 Å². The number of carbonyl (C=O) groups is 1. The fraction of sp³-hybridized carbons (Fsp3) is 0.583. The highest BCUT2D eigenvalue weighted by atomic mass is 16.6. The summed E-state index contributed by atoms with van der Waals surface area (Å²) in [5, 5.41) is 18.1. The van der Waals surface area contributed by atoms with Crippen molar-refractivity contribution in [2.45, 2.75) is 46.2 Å². The average molecular weight is 278 g/mol. The van der Waals surface area contributed by atoms with Crippen molar-refractivity contribution in [2.24, 2.45) is 0 Å². The Bertz CT molecular complexity index is 588. The molecule has 0 aliphatic heterocycles. The highest BCUT2D eigenvalue weighted by Crippen LogP contribution is 2.14.